The Bertz CT molecular complexity index is 1070. The molecule has 0 fully saturated rings. The van der Waals surface area contributed by atoms with Gasteiger partial charge in [-0.05, 0) is 53.2 Å². The van der Waals surface area contributed by atoms with Gasteiger partial charge in [-0.25, -0.2) is 5.01 Å². The topological polar surface area (TPSA) is 54.3 Å². The third-order valence-corrected chi connectivity index (χ3v) is 6.29. The lowest BCUT2D eigenvalue weighted by Gasteiger charge is -2.37. The SMILES string of the molecule is COc1ccc(O)c(C2=NN3[C@@H](C2)c2cc(Br)ccc2O[C@H]3c2ccsc2)c1. The number of ether oxygens (including phenoxy) is 2. The van der Waals surface area contributed by atoms with E-state index in [9.17, 15) is 5.11 Å². The zero-order chi connectivity index (χ0) is 19.3. The zero-order valence-corrected chi connectivity index (χ0v) is 17.4. The Morgan fingerprint density at radius 3 is 2.93 bits per heavy atom. The molecule has 0 aliphatic carbocycles. The summed E-state index contributed by atoms with van der Waals surface area (Å²) in [5.41, 5.74) is 3.66. The van der Waals surface area contributed by atoms with Crippen LogP contribution in [0.15, 0.2) is 62.8 Å². The second-order valence-electron chi connectivity index (χ2n) is 6.74. The highest BCUT2D eigenvalue weighted by atomic mass is 79.9. The molecule has 2 aliphatic heterocycles. The number of hydrazone groups is 1. The van der Waals surface area contributed by atoms with E-state index in [1.165, 1.54) is 0 Å². The van der Waals surface area contributed by atoms with Gasteiger partial charge < -0.3 is 14.6 Å². The van der Waals surface area contributed by atoms with Crippen LogP contribution < -0.4 is 9.47 Å². The first kappa shape index (κ1) is 17.6. The second-order valence-corrected chi connectivity index (χ2v) is 8.43. The quantitative estimate of drug-likeness (QED) is 0.567. The van der Waals surface area contributed by atoms with Crippen LogP contribution in [0.2, 0.25) is 0 Å². The van der Waals surface area contributed by atoms with Crippen molar-refractivity contribution < 1.29 is 14.6 Å². The molecule has 7 heteroatoms. The van der Waals surface area contributed by atoms with Gasteiger partial charge in [0.25, 0.3) is 0 Å². The van der Waals surface area contributed by atoms with Gasteiger partial charge in [0.2, 0.25) is 6.23 Å². The van der Waals surface area contributed by atoms with Gasteiger partial charge >= 0.3 is 0 Å². The summed E-state index contributed by atoms with van der Waals surface area (Å²) < 4.78 is 12.7. The molecule has 3 heterocycles. The molecule has 0 unspecified atom stereocenters. The lowest BCUT2D eigenvalue weighted by molar-refractivity contribution is -0.0188. The Labute approximate surface area is 175 Å². The third-order valence-electron chi connectivity index (χ3n) is 5.09. The number of phenolic OH excluding ortho intramolecular Hbond substituents is 1. The predicted octanol–water partition coefficient (Wildman–Crippen LogP) is 5.47. The number of hydrogen-bond donors (Lipinski definition) is 1. The van der Waals surface area contributed by atoms with Gasteiger partial charge in [0.15, 0.2) is 0 Å². The van der Waals surface area contributed by atoms with Gasteiger partial charge in [-0.2, -0.15) is 16.4 Å². The van der Waals surface area contributed by atoms with E-state index in [0.717, 1.165) is 27.1 Å². The summed E-state index contributed by atoms with van der Waals surface area (Å²) in [4.78, 5) is 0. The van der Waals surface area contributed by atoms with E-state index in [-0.39, 0.29) is 18.0 Å². The lowest BCUT2D eigenvalue weighted by atomic mass is 9.95. The van der Waals surface area contributed by atoms with E-state index < -0.39 is 0 Å². The summed E-state index contributed by atoms with van der Waals surface area (Å²) in [7, 11) is 1.62. The summed E-state index contributed by atoms with van der Waals surface area (Å²) in [6.07, 6.45) is 0.379. The molecule has 0 spiro atoms. The molecule has 3 aromatic rings. The normalized spacial score (nSPS) is 20.2. The molecule has 0 amide bonds. The molecule has 0 saturated carbocycles. The molecule has 0 bridgehead atoms. The van der Waals surface area contributed by atoms with Crippen molar-refractivity contribution in [1.29, 1.82) is 0 Å². The fourth-order valence-corrected chi connectivity index (χ4v) is 4.77. The van der Waals surface area contributed by atoms with Crippen LogP contribution in [0.25, 0.3) is 0 Å². The first-order chi connectivity index (χ1) is 13.6. The van der Waals surface area contributed by atoms with Crippen molar-refractivity contribution in [2.24, 2.45) is 5.10 Å². The van der Waals surface area contributed by atoms with Crippen molar-refractivity contribution in [3.63, 3.8) is 0 Å². The molecule has 2 aromatic carbocycles. The van der Waals surface area contributed by atoms with Gasteiger partial charge in [0.05, 0.1) is 18.9 Å². The number of halogens is 1. The van der Waals surface area contributed by atoms with Crippen molar-refractivity contribution in [3.8, 4) is 17.2 Å². The van der Waals surface area contributed by atoms with Crippen molar-refractivity contribution in [2.45, 2.75) is 18.7 Å². The summed E-state index contributed by atoms with van der Waals surface area (Å²) in [5.74, 6) is 1.75. The van der Waals surface area contributed by atoms with Crippen LogP contribution in [0.4, 0.5) is 0 Å². The Morgan fingerprint density at radius 2 is 2.14 bits per heavy atom. The molecular formula is C21H17BrN2O3S. The molecule has 2 atom stereocenters. The maximum Gasteiger partial charge on any atom is 0.214 e. The van der Waals surface area contributed by atoms with E-state index in [1.807, 2.05) is 28.6 Å². The Kier molecular flexibility index (Phi) is 4.29. The molecule has 1 aromatic heterocycles. The van der Waals surface area contributed by atoms with Crippen LogP contribution in [0.1, 0.15) is 35.4 Å². The van der Waals surface area contributed by atoms with Crippen molar-refractivity contribution in [1.82, 2.24) is 5.01 Å². The van der Waals surface area contributed by atoms with E-state index in [4.69, 9.17) is 14.6 Å². The average molecular weight is 457 g/mol. The zero-order valence-electron chi connectivity index (χ0n) is 15.0. The maximum atomic E-state index is 10.4. The summed E-state index contributed by atoms with van der Waals surface area (Å²) >= 11 is 5.20. The number of rotatable bonds is 3. The molecule has 5 nitrogen and oxygen atoms in total. The summed E-state index contributed by atoms with van der Waals surface area (Å²) in [6.45, 7) is 0. The lowest BCUT2D eigenvalue weighted by Crippen LogP contribution is -2.33. The van der Waals surface area contributed by atoms with Crippen LogP contribution in [0.3, 0.4) is 0 Å². The molecule has 2 aliphatic rings. The Morgan fingerprint density at radius 1 is 1.25 bits per heavy atom. The van der Waals surface area contributed by atoms with Gasteiger partial charge in [-0.1, -0.05) is 15.9 Å². The number of methoxy groups -OCH3 is 1. The number of nitrogens with zero attached hydrogens (tertiary/aromatic N) is 2. The van der Waals surface area contributed by atoms with Gasteiger partial charge in [0, 0.05) is 27.6 Å². The molecule has 0 radical (unpaired) electrons. The van der Waals surface area contributed by atoms with Crippen molar-refractivity contribution in [2.75, 3.05) is 7.11 Å². The van der Waals surface area contributed by atoms with E-state index in [2.05, 4.69) is 33.4 Å². The van der Waals surface area contributed by atoms with E-state index in [0.29, 0.717) is 17.7 Å². The van der Waals surface area contributed by atoms with Crippen molar-refractivity contribution in [3.05, 3.63) is 74.4 Å². The van der Waals surface area contributed by atoms with Gasteiger partial charge in [0.1, 0.15) is 17.2 Å². The fourth-order valence-electron chi connectivity index (χ4n) is 3.73. The number of thiophene rings is 1. The third kappa shape index (κ3) is 2.86. The van der Waals surface area contributed by atoms with Crippen LogP contribution in [0.5, 0.6) is 17.2 Å². The largest absolute Gasteiger partial charge is 0.507 e. The van der Waals surface area contributed by atoms with Crippen molar-refractivity contribution >= 4 is 33.0 Å². The molecule has 5 rings (SSSR count). The minimum absolute atomic E-state index is 0.0340. The van der Waals surface area contributed by atoms with Gasteiger partial charge in [-0.15, -0.1) is 0 Å². The number of aromatic hydroxyl groups is 1. The van der Waals surface area contributed by atoms with Crippen LogP contribution in [-0.2, 0) is 0 Å². The Balaban J connectivity index is 1.61. The highest BCUT2D eigenvalue weighted by molar-refractivity contribution is 9.10. The van der Waals surface area contributed by atoms with Gasteiger partial charge in [-0.3, -0.25) is 0 Å². The Hall–Kier alpha value is -2.51. The minimum atomic E-state index is -0.296. The molecule has 142 valence electrons. The maximum absolute atomic E-state index is 10.4. The monoisotopic (exact) mass is 456 g/mol. The van der Waals surface area contributed by atoms with E-state index in [1.54, 1.807) is 30.6 Å². The van der Waals surface area contributed by atoms with Crippen LogP contribution in [-0.4, -0.2) is 22.9 Å². The first-order valence-corrected chi connectivity index (χ1v) is 10.6. The van der Waals surface area contributed by atoms with E-state index >= 15 is 0 Å². The highest BCUT2D eigenvalue weighted by Gasteiger charge is 2.41. The van der Waals surface area contributed by atoms with Crippen LogP contribution >= 0.6 is 27.3 Å². The van der Waals surface area contributed by atoms with Crippen LogP contribution in [0, 0.1) is 0 Å². The molecular weight excluding hydrogens is 440 g/mol. The molecule has 28 heavy (non-hydrogen) atoms. The minimum Gasteiger partial charge on any atom is -0.507 e. The highest BCUT2D eigenvalue weighted by Crippen LogP contribution is 2.49. The first-order valence-electron chi connectivity index (χ1n) is 8.85. The second kappa shape index (κ2) is 6.83. The fraction of sp³-hybridized carbons (Fsp3) is 0.190. The molecule has 1 N–H and O–H groups in total. The standard InChI is InChI=1S/C21H17BrN2O3S/c1-26-14-3-4-19(25)15(9-14)17-10-18-16-8-13(22)2-5-20(16)27-21(24(18)23-17)12-6-7-28-11-12/h2-9,11,18,21,25H,10H2,1H3/t18-,21-/m0/s1. The average Bonchev–Trinajstić information content (AvgIpc) is 3.38. The number of benzene rings is 2. The predicted molar refractivity (Wildman–Crippen MR) is 112 cm³/mol. The number of fused-ring (bicyclic) bond motifs is 3. The number of hydrogen-bond acceptors (Lipinski definition) is 6. The summed E-state index contributed by atoms with van der Waals surface area (Å²) in [5, 5.41) is 21.4. The summed E-state index contributed by atoms with van der Waals surface area (Å²) in [6, 6.07) is 13.4. The smallest absolute Gasteiger partial charge is 0.214 e. The molecule has 0 saturated heterocycles. The number of phenols is 1.